The fourth-order valence-corrected chi connectivity index (χ4v) is 1.49. The van der Waals surface area contributed by atoms with Crippen molar-refractivity contribution in [2.75, 3.05) is 5.32 Å². The summed E-state index contributed by atoms with van der Waals surface area (Å²) in [7, 11) is 0. The topological polar surface area (TPSA) is 66.4 Å². The molecule has 0 radical (unpaired) electrons. The Morgan fingerprint density at radius 1 is 1.41 bits per heavy atom. The Morgan fingerprint density at radius 3 is 2.65 bits per heavy atom. The number of nitrogens with one attached hydrogen (secondary N) is 1. The maximum atomic E-state index is 11.0. The second-order valence-corrected chi connectivity index (χ2v) is 3.62. The first-order valence-corrected chi connectivity index (χ1v) is 5.34. The number of amides is 1. The number of aliphatic carboxylic acids is 1. The van der Waals surface area contributed by atoms with Crippen molar-refractivity contribution in [1.82, 2.24) is 0 Å². The third-order valence-corrected chi connectivity index (χ3v) is 2.24. The summed E-state index contributed by atoms with van der Waals surface area (Å²) in [5.41, 5.74) is 2.55. The van der Waals surface area contributed by atoms with Crippen molar-refractivity contribution in [3.8, 4) is 0 Å². The Kier molecular flexibility index (Phi) is 4.46. The highest BCUT2D eigenvalue weighted by Crippen LogP contribution is 2.19. The molecule has 1 aromatic rings. The fraction of sp³-hybridized carbons (Fsp3) is 0.231. The summed E-state index contributed by atoms with van der Waals surface area (Å²) in [6, 6.07) is 5.41. The van der Waals surface area contributed by atoms with E-state index in [2.05, 4.69) is 5.32 Å². The van der Waals surface area contributed by atoms with Crippen LogP contribution in [-0.2, 0) is 16.0 Å². The van der Waals surface area contributed by atoms with E-state index in [4.69, 9.17) is 5.11 Å². The normalized spacial score (nSPS) is 10.5. The van der Waals surface area contributed by atoms with Gasteiger partial charge in [-0.2, -0.15) is 0 Å². The van der Waals surface area contributed by atoms with E-state index >= 15 is 0 Å². The number of hydrogen-bond acceptors (Lipinski definition) is 2. The molecule has 4 heteroatoms. The highest BCUT2D eigenvalue weighted by Gasteiger charge is 2.03. The maximum absolute atomic E-state index is 11.0. The molecule has 0 aliphatic heterocycles. The van der Waals surface area contributed by atoms with E-state index in [0.29, 0.717) is 0 Å². The van der Waals surface area contributed by atoms with E-state index in [9.17, 15) is 9.59 Å². The van der Waals surface area contributed by atoms with Gasteiger partial charge in [0.1, 0.15) is 0 Å². The third kappa shape index (κ3) is 4.10. The van der Waals surface area contributed by atoms with Crippen molar-refractivity contribution in [3.05, 3.63) is 35.4 Å². The van der Waals surface area contributed by atoms with Crippen LogP contribution in [0, 0.1) is 0 Å². The highest BCUT2D eigenvalue weighted by molar-refractivity contribution is 5.90. The summed E-state index contributed by atoms with van der Waals surface area (Å²) in [6.07, 6.45) is 3.39. The quantitative estimate of drug-likeness (QED) is 0.784. The van der Waals surface area contributed by atoms with Crippen LogP contribution in [0.25, 0.3) is 6.08 Å². The number of carboxylic acid groups (broad SMARTS) is 1. The van der Waals surface area contributed by atoms with Gasteiger partial charge >= 0.3 is 5.97 Å². The molecule has 0 saturated carbocycles. The van der Waals surface area contributed by atoms with Gasteiger partial charge in [0.2, 0.25) is 5.91 Å². The zero-order valence-corrected chi connectivity index (χ0v) is 9.86. The van der Waals surface area contributed by atoms with E-state index in [1.54, 1.807) is 12.1 Å². The number of aryl methyl sites for hydroxylation is 1. The lowest BCUT2D eigenvalue weighted by Crippen LogP contribution is -2.07. The maximum Gasteiger partial charge on any atom is 0.328 e. The fourth-order valence-electron chi connectivity index (χ4n) is 1.49. The van der Waals surface area contributed by atoms with Crippen molar-refractivity contribution in [2.45, 2.75) is 20.3 Å². The number of benzene rings is 1. The molecule has 1 rings (SSSR count). The Labute approximate surface area is 100.0 Å². The number of carbonyl (C=O) groups excluding carboxylic acids is 1. The molecule has 1 amide bonds. The Morgan fingerprint density at radius 2 is 2.12 bits per heavy atom. The molecule has 0 heterocycles. The number of anilines is 1. The first-order chi connectivity index (χ1) is 8.02. The van der Waals surface area contributed by atoms with Gasteiger partial charge < -0.3 is 10.4 Å². The van der Waals surface area contributed by atoms with E-state index in [-0.39, 0.29) is 5.91 Å². The molecule has 0 fully saturated rings. The molecule has 0 atom stereocenters. The number of rotatable bonds is 4. The van der Waals surface area contributed by atoms with Crippen LogP contribution in [0.2, 0.25) is 0 Å². The predicted molar refractivity (Wildman–Crippen MR) is 66.8 cm³/mol. The minimum atomic E-state index is -0.978. The van der Waals surface area contributed by atoms with Gasteiger partial charge in [0.15, 0.2) is 0 Å². The predicted octanol–water partition coefficient (Wildman–Crippen LogP) is 2.31. The summed E-state index contributed by atoms with van der Waals surface area (Å²) in [4.78, 5) is 21.4. The van der Waals surface area contributed by atoms with Gasteiger partial charge in [0, 0.05) is 18.7 Å². The van der Waals surface area contributed by atoms with Crippen LogP contribution < -0.4 is 5.32 Å². The van der Waals surface area contributed by atoms with Crippen LogP contribution in [0.1, 0.15) is 25.0 Å². The summed E-state index contributed by atoms with van der Waals surface area (Å²) < 4.78 is 0. The summed E-state index contributed by atoms with van der Waals surface area (Å²) >= 11 is 0. The molecule has 2 N–H and O–H groups in total. The van der Waals surface area contributed by atoms with Crippen molar-refractivity contribution in [3.63, 3.8) is 0 Å². The van der Waals surface area contributed by atoms with Crippen molar-refractivity contribution in [1.29, 1.82) is 0 Å². The summed E-state index contributed by atoms with van der Waals surface area (Å²) in [5, 5.41) is 11.3. The van der Waals surface area contributed by atoms with Crippen LogP contribution in [-0.4, -0.2) is 17.0 Å². The standard InChI is InChI=1S/C13H15NO3/c1-3-11-8-10(5-7-13(16)17)4-6-12(11)14-9(2)15/h4-8H,3H2,1-2H3,(H,14,15)(H,16,17)/b7-5+. The van der Waals surface area contributed by atoms with E-state index in [0.717, 1.165) is 29.3 Å². The molecule has 90 valence electrons. The molecule has 0 aromatic heterocycles. The molecule has 0 aliphatic rings. The van der Waals surface area contributed by atoms with Gasteiger partial charge in [-0.05, 0) is 35.8 Å². The lowest BCUT2D eigenvalue weighted by Gasteiger charge is -2.09. The van der Waals surface area contributed by atoms with Crippen molar-refractivity contribution >= 4 is 23.6 Å². The Hall–Kier alpha value is -2.10. The lowest BCUT2D eigenvalue weighted by atomic mass is 10.1. The second kappa shape index (κ2) is 5.84. The Bertz CT molecular complexity index is 464. The molecule has 1 aromatic carbocycles. The first kappa shape index (κ1) is 13.0. The highest BCUT2D eigenvalue weighted by atomic mass is 16.4. The van der Waals surface area contributed by atoms with Crippen molar-refractivity contribution < 1.29 is 14.7 Å². The largest absolute Gasteiger partial charge is 0.478 e. The monoisotopic (exact) mass is 233 g/mol. The van der Waals surface area contributed by atoms with Gasteiger partial charge in [0.25, 0.3) is 0 Å². The third-order valence-electron chi connectivity index (χ3n) is 2.24. The molecular weight excluding hydrogens is 218 g/mol. The van der Waals surface area contributed by atoms with Gasteiger partial charge in [-0.3, -0.25) is 4.79 Å². The van der Waals surface area contributed by atoms with Gasteiger partial charge in [0.05, 0.1) is 0 Å². The average molecular weight is 233 g/mol. The molecular formula is C13H15NO3. The summed E-state index contributed by atoms with van der Waals surface area (Å²) in [5.74, 6) is -1.09. The van der Waals surface area contributed by atoms with Gasteiger partial charge in [-0.25, -0.2) is 4.79 Å². The zero-order valence-electron chi connectivity index (χ0n) is 9.86. The SMILES string of the molecule is CCc1cc(/C=C/C(=O)O)ccc1NC(C)=O. The minimum Gasteiger partial charge on any atom is -0.478 e. The van der Waals surface area contributed by atoms with Crippen LogP contribution >= 0.6 is 0 Å². The lowest BCUT2D eigenvalue weighted by molar-refractivity contribution is -0.131. The molecule has 4 nitrogen and oxygen atoms in total. The van der Waals surface area contributed by atoms with E-state index in [1.807, 2.05) is 13.0 Å². The molecule has 17 heavy (non-hydrogen) atoms. The smallest absolute Gasteiger partial charge is 0.328 e. The zero-order chi connectivity index (χ0) is 12.8. The molecule has 0 unspecified atom stereocenters. The first-order valence-electron chi connectivity index (χ1n) is 5.34. The molecule has 0 bridgehead atoms. The van der Waals surface area contributed by atoms with Crippen LogP contribution in [0.4, 0.5) is 5.69 Å². The van der Waals surface area contributed by atoms with Crippen LogP contribution in [0.15, 0.2) is 24.3 Å². The molecule has 0 saturated heterocycles. The molecule has 0 aliphatic carbocycles. The van der Waals surface area contributed by atoms with E-state index < -0.39 is 5.97 Å². The number of hydrogen-bond donors (Lipinski definition) is 2. The summed E-state index contributed by atoms with van der Waals surface area (Å²) in [6.45, 7) is 3.43. The van der Waals surface area contributed by atoms with Crippen LogP contribution in [0.3, 0.4) is 0 Å². The van der Waals surface area contributed by atoms with Gasteiger partial charge in [-0.1, -0.05) is 13.0 Å². The van der Waals surface area contributed by atoms with Gasteiger partial charge in [-0.15, -0.1) is 0 Å². The number of carbonyl (C=O) groups is 2. The van der Waals surface area contributed by atoms with Crippen LogP contribution in [0.5, 0.6) is 0 Å². The second-order valence-electron chi connectivity index (χ2n) is 3.62. The number of carboxylic acids is 1. The average Bonchev–Trinajstić information content (AvgIpc) is 2.26. The Balaban J connectivity index is 2.99. The minimum absolute atomic E-state index is 0.117. The van der Waals surface area contributed by atoms with Crippen molar-refractivity contribution in [2.24, 2.45) is 0 Å². The molecule has 0 spiro atoms. The van der Waals surface area contributed by atoms with E-state index in [1.165, 1.54) is 13.0 Å².